The minimum absolute atomic E-state index is 0.210. The Morgan fingerprint density at radius 2 is 2.06 bits per heavy atom. The summed E-state index contributed by atoms with van der Waals surface area (Å²) in [4.78, 5) is 24.5. The smallest absolute Gasteiger partial charge is 0.235 e. The minimum atomic E-state index is -0.684. The first-order valence-corrected chi connectivity index (χ1v) is 5.71. The van der Waals surface area contributed by atoms with E-state index in [0.29, 0.717) is 30.9 Å². The van der Waals surface area contributed by atoms with Crippen molar-refractivity contribution < 1.29 is 9.59 Å². The van der Waals surface area contributed by atoms with Gasteiger partial charge in [0, 0.05) is 13.1 Å². The van der Waals surface area contributed by atoms with Crippen molar-refractivity contribution >= 4 is 23.2 Å². The maximum Gasteiger partial charge on any atom is 0.235 e. The van der Waals surface area contributed by atoms with Crippen molar-refractivity contribution in [2.75, 3.05) is 18.0 Å². The van der Waals surface area contributed by atoms with Crippen LogP contribution < -0.4 is 17.2 Å². The Kier molecular flexibility index (Phi) is 3.10. The summed E-state index contributed by atoms with van der Waals surface area (Å²) >= 11 is 0. The predicted molar refractivity (Wildman–Crippen MR) is 68.0 cm³/mol. The van der Waals surface area contributed by atoms with Crippen LogP contribution in [0.3, 0.4) is 0 Å². The summed E-state index contributed by atoms with van der Waals surface area (Å²) in [5.41, 5.74) is 18.4. The average molecular weight is 248 g/mol. The average Bonchev–Trinajstić information content (AvgIpc) is 2.66. The molecule has 0 unspecified atom stereocenters. The Hall–Kier alpha value is -2.24. The van der Waals surface area contributed by atoms with Gasteiger partial charge in [0.15, 0.2) is 0 Å². The lowest BCUT2D eigenvalue weighted by Crippen LogP contribution is -2.33. The maximum absolute atomic E-state index is 11.9. The number of nitrogens with two attached hydrogens (primary N) is 3. The van der Waals surface area contributed by atoms with Crippen molar-refractivity contribution in [3.63, 3.8) is 0 Å². The van der Waals surface area contributed by atoms with Gasteiger partial charge in [0.25, 0.3) is 0 Å². The number of hydrogen-bond acceptors (Lipinski definition) is 4. The number of nitrogen functional groups attached to an aromatic ring is 2. The largest absolute Gasteiger partial charge is 0.397 e. The molecule has 18 heavy (non-hydrogen) atoms. The molecule has 1 aromatic carbocycles. The molecular formula is C12H16N4O2. The first-order chi connectivity index (χ1) is 8.49. The normalized spacial score (nSPS) is 19.2. The van der Waals surface area contributed by atoms with Crippen LogP contribution in [0.4, 0.5) is 11.4 Å². The molecule has 0 spiro atoms. The zero-order valence-electron chi connectivity index (χ0n) is 9.93. The summed E-state index contributed by atoms with van der Waals surface area (Å²) in [6, 6.07) is 5.26. The van der Waals surface area contributed by atoms with Gasteiger partial charge in [-0.05, 0) is 24.1 Å². The third-order valence-electron chi connectivity index (χ3n) is 3.17. The highest BCUT2D eigenvalue weighted by atomic mass is 16.2. The number of rotatable bonds is 3. The van der Waals surface area contributed by atoms with E-state index < -0.39 is 11.8 Å². The Morgan fingerprint density at radius 3 is 2.61 bits per heavy atom. The number of nitrogens with zero attached hydrogens (tertiary/aromatic N) is 1. The van der Waals surface area contributed by atoms with Gasteiger partial charge in [-0.15, -0.1) is 0 Å². The molecule has 0 bridgehead atoms. The van der Waals surface area contributed by atoms with E-state index in [-0.39, 0.29) is 5.91 Å². The molecule has 1 aliphatic heterocycles. The van der Waals surface area contributed by atoms with Crippen LogP contribution in [0.1, 0.15) is 12.0 Å². The van der Waals surface area contributed by atoms with E-state index in [4.69, 9.17) is 17.2 Å². The van der Waals surface area contributed by atoms with Gasteiger partial charge < -0.3 is 22.1 Å². The van der Waals surface area contributed by atoms with Crippen LogP contribution in [0, 0.1) is 5.92 Å². The molecule has 6 nitrogen and oxygen atoms in total. The second-order valence-corrected chi connectivity index (χ2v) is 4.47. The lowest BCUT2D eigenvalue weighted by Gasteiger charge is -2.16. The Bertz CT molecular complexity index is 501. The number of benzene rings is 1. The number of carbonyl (C=O) groups is 2. The van der Waals surface area contributed by atoms with E-state index >= 15 is 0 Å². The molecule has 1 atom stereocenters. The molecule has 1 saturated heterocycles. The van der Waals surface area contributed by atoms with E-state index in [0.717, 1.165) is 5.56 Å². The summed E-state index contributed by atoms with van der Waals surface area (Å²) in [6.07, 6.45) is 0.485. The number of amides is 2. The highest BCUT2D eigenvalue weighted by Crippen LogP contribution is 2.22. The molecule has 0 radical (unpaired) electrons. The van der Waals surface area contributed by atoms with Gasteiger partial charge in [-0.1, -0.05) is 6.07 Å². The van der Waals surface area contributed by atoms with Gasteiger partial charge in [-0.3, -0.25) is 9.59 Å². The standard InChI is InChI=1S/C12H16N4O2/c13-9-2-1-7(5-10(9)14)6-16-4-3-8(11(15)17)12(16)18/h1-2,5,8H,3-4,6,13-14H2,(H2,15,17)/t8-/m0/s1. The second kappa shape index (κ2) is 4.56. The van der Waals surface area contributed by atoms with Gasteiger partial charge in [0.2, 0.25) is 11.8 Å². The second-order valence-electron chi connectivity index (χ2n) is 4.47. The first-order valence-electron chi connectivity index (χ1n) is 5.71. The Balaban J connectivity index is 2.09. The fraction of sp³-hybridized carbons (Fsp3) is 0.333. The highest BCUT2D eigenvalue weighted by Gasteiger charge is 2.35. The van der Waals surface area contributed by atoms with Gasteiger partial charge in [0.05, 0.1) is 11.4 Å². The van der Waals surface area contributed by atoms with Crippen molar-refractivity contribution in [3.8, 4) is 0 Å². The number of primary amides is 1. The van der Waals surface area contributed by atoms with Gasteiger partial charge in [-0.25, -0.2) is 0 Å². The van der Waals surface area contributed by atoms with E-state index in [1.165, 1.54) is 0 Å². The van der Waals surface area contributed by atoms with Crippen molar-refractivity contribution in [1.82, 2.24) is 4.90 Å². The molecule has 1 fully saturated rings. The van der Waals surface area contributed by atoms with Gasteiger partial charge in [0.1, 0.15) is 5.92 Å². The maximum atomic E-state index is 11.9. The topological polar surface area (TPSA) is 115 Å². The molecule has 2 amide bonds. The lowest BCUT2D eigenvalue weighted by atomic mass is 10.1. The van der Waals surface area contributed by atoms with Gasteiger partial charge >= 0.3 is 0 Å². The summed E-state index contributed by atoms with van der Waals surface area (Å²) in [6.45, 7) is 0.962. The minimum Gasteiger partial charge on any atom is -0.397 e. The molecular weight excluding hydrogens is 232 g/mol. The number of hydrogen-bond donors (Lipinski definition) is 3. The molecule has 6 heteroatoms. The Labute approximate surface area is 105 Å². The summed E-state index contributed by atoms with van der Waals surface area (Å²) in [5, 5.41) is 0. The van der Waals surface area contributed by atoms with Crippen molar-refractivity contribution in [3.05, 3.63) is 23.8 Å². The Morgan fingerprint density at radius 1 is 1.33 bits per heavy atom. The van der Waals surface area contributed by atoms with E-state index in [1.807, 2.05) is 6.07 Å². The summed E-state index contributed by atoms with van der Waals surface area (Å²) < 4.78 is 0. The molecule has 1 aromatic rings. The number of anilines is 2. The molecule has 0 aliphatic carbocycles. The zero-order chi connectivity index (χ0) is 13.3. The summed E-state index contributed by atoms with van der Waals surface area (Å²) in [7, 11) is 0. The fourth-order valence-corrected chi connectivity index (χ4v) is 2.10. The van der Waals surface area contributed by atoms with Crippen molar-refractivity contribution in [1.29, 1.82) is 0 Å². The third kappa shape index (κ3) is 2.22. The molecule has 96 valence electrons. The van der Waals surface area contributed by atoms with Crippen LogP contribution in [0.15, 0.2) is 18.2 Å². The van der Waals surface area contributed by atoms with Crippen molar-refractivity contribution in [2.24, 2.45) is 11.7 Å². The quantitative estimate of drug-likeness (QED) is 0.502. The molecule has 0 saturated carbocycles. The number of likely N-dealkylation sites (tertiary alicyclic amines) is 1. The van der Waals surface area contributed by atoms with Crippen LogP contribution >= 0.6 is 0 Å². The van der Waals surface area contributed by atoms with Crippen LogP contribution in [-0.4, -0.2) is 23.3 Å². The van der Waals surface area contributed by atoms with E-state index in [2.05, 4.69) is 0 Å². The van der Waals surface area contributed by atoms with Gasteiger partial charge in [-0.2, -0.15) is 0 Å². The summed E-state index contributed by atoms with van der Waals surface area (Å²) in [5.74, 6) is -1.45. The van der Waals surface area contributed by atoms with Crippen LogP contribution in [0.25, 0.3) is 0 Å². The fourth-order valence-electron chi connectivity index (χ4n) is 2.10. The lowest BCUT2D eigenvalue weighted by molar-refractivity contribution is -0.136. The highest BCUT2D eigenvalue weighted by molar-refractivity contribution is 6.00. The number of carbonyl (C=O) groups excluding carboxylic acids is 2. The predicted octanol–water partition coefficient (Wildman–Crippen LogP) is -0.315. The van der Waals surface area contributed by atoms with E-state index in [9.17, 15) is 9.59 Å². The first kappa shape index (κ1) is 12.2. The molecule has 2 rings (SSSR count). The van der Waals surface area contributed by atoms with Crippen molar-refractivity contribution in [2.45, 2.75) is 13.0 Å². The molecule has 0 aromatic heterocycles. The van der Waals surface area contributed by atoms with Crippen LogP contribution in [0.5, 0.6) is 0 Å². The van der Waals surface area contributed by atoms with E-state index in [1.54, 1.807) is 17.0 Å². The SMILES string of the molecule is NC(=O)[C@@H]1CCN(Cc2ccc(N)c(N)c2)C1=O. The molecule has 1 aliphatic rings. The molecule has 1 heterocycles. The third-order valence-corrected chi connectivity index (χ3v) is 3.17. The zero-order valence-corrected chi connectivity index (χ0v) is 9.93. The molecule has 6 N–H and O–H groups in total. The van der Waals surface area contributed by atoms with Crippen LogP contribution in [-0.2, 0) is 16.1 Å². The van der Waals surface area contributed by atoms with Crippen LogP contribution in [0.2, 0.25) is 0 Å². The monoisotopic (exact) mass is 248 g/mol.